The smallest absolute Gasteiger partial charge is 0.227 e. The minimum Gasteiger partial charge on any atom is -0.378 e. The molecular formula is C18H25N3O3S. The van der Waals surface area contributed by atoms with E-state index >= 15 is 0 Å². The topological polar surface area (TPSA) is 70.7 Å². The summed E-state index contributed by atoms with van der Waals surface area (Å²) in [6.45, 7) is 3.53. The summed E-state index contributed by atoms with van der Waals surface area (Å²) in [5.74, 6) is 2.25. The second-order valence-corrected chi connectivity index (χ2v) is 7.49. The highest BCUT2D eigenvalue weighted by Crippen LogP contribution is 2.14. The number of ether oxygens (including phenoxy) is 1. The number of carbonyl (C=O) groups excluding carboxylic acids is 2. The molecule has 7 heteroatoms. The van der Waals surface area contributed by atoms with Crippen LogP contribution in [0, 0.1) is 0 Å². The van der Waals surface area contributed by atoms with E-state index in [2.05, 4.69) is 10.6 Å². The summed E-state index contributed by atoms with van der Waals surface area (Å²) < 4.78 is 5.27. The third kappa shape index (κ3) is 5.73. The van der Waals surface area contributed by atoms with Crippen LogP contribution in [0.5, 0.6) is 0 Å². The van der Waals surface area contributed by atoms with Gasteiger partial charge in [-0.1, -0.05) is 12.1 Å². The maximum atomic E-state index is 12.2. The molecule has 1 unspecified atom stereocenters. The van der Waals surface area contributed by atoms with Crippen molar-refractivity contribution in [1.82, 2.24) is 10.2 Å². The minimum atomic E-state index is 0.0251. The highest BCUT2D eigenvalue weighted by Gasteiger charge is 2.18. The number of rotatable bonds is 5. The van der Waals surface area contributed by atoms with E-state index in [0.717, 1.165) is 29.3 Å². The zero-order chi connectivity index (χ0) is 17.5. The molecule has 2 fully saturated rings. The summed E-state index contributed by atoms with van der Waals surface area (Å²) in [6.07, 6.45) is 0.877. The van der Waals surface area contributed by atoms with Crippen LogP contribution in [0.25, 0.3) is 0 Å². The molecule has 0 spiro atoms. The average molecular weight is 363 g/mol. The van der Waals surface area contributed by atoms with Crippen LogP contribution in [0.15, 0.2) is 24.3 Å². The molecule has 2 amide bonds. The van der Waals surface area contributed by atoms with Crippen LogP contribution in [0.4, 0.5) is 5.69 Å². The van der Waals surface area contributed by atoms with Crippen molar-refractivity contribution in [2.24, 2.45) is 0 Å². The fourth-order valence-corrected chi connectivity index (χ4v) is 3.94. The quantitative estimate of drug-likeness (QED) is 0.820. The molecule has 2 N–H and O–H groups in total. The maximum Gasteiger partial charge on any atom is 0.227 e. The van der Waals surface area contributed by atoms with Crippen molar-refractivity contribution in [3.8, 4) is 0 Å². The Balaban J connectivity index is 1.46. The molecule has 2 aliphatic heterocycles. The van der Waals surface area contributed by atoms with Crippen molar-refractivity contribution in [3.63, 3.8) is 0 Å². The van der Waals surface area contributed by atoms with Crippen molar-refractivity contribution >= 4 is 29.3 Å². The Morgan fingerprint density at radius 2 is 2.00 bits per heavy atom. The lowest BCUT2D eigenvalue weighted by molar-refractivity contribution is -0.134. The third-order valence-corrected chi connectivity index (χ3v) is 5.52. The number of anilines is 1. The summed E-state index contributed by atoms with van der Waals surface area (Å²) in [6, 6.07) is 7.79. The molecule has 2 aliphatic rings. The summed E-state index contributed by atoms with van der Waals surface area (Å²) >= 11 is 1.88. The Labute approximate surface area is 152 Å². The predicted molar refractivity (Wildman–Crippen MR) is 99.9 cm³/mol. The van der Waals surface area contributed by atoms with Gasteiger partial charge in [0, 0.05) is 49.3 Å². The molecule has 3 rings (SSSR count). The summed E-state index contributed by atoms with van der Waals surface area (Å²) in [7, 11) is 0. The van der Waals surface area contributed by atoms with Crippen LogP contribution in [-0.4, -0.2) is 67.1 Å². The number of morpholine rings is 1. The largest absolute Gasteiger partial charge is 0.378 e. The fraction of sp³-hybridized carbons (Fsp3) is 0.556. The van der Waals surface area contributed by atoms with Gasteiger partial charge in [0.25, 0.3) is 0 Å². The van der Waals surface area contributed by atoms with Crippen LogP contribution < -0.4 is 10.6 Å². The van der Waals surface area contributed by atoms with Crippen molar-refractivity contribution < 1.29 is 14.3 Å². The van der Waals surface area contributed by atoms with E-state index in [1.54, 1.807) is 0 Å². The first-order valence-electron chi connectivity index (χ1n) is 8.76. The van der Waals surface area contributed by atoms with Crippen molar-refractivity contribution in [3.05, 3.63) is 29.8 Å². The fourth-order valence-electron chi connectivity index (χ4n) is 2.99. The number of nitrogens with zero attached hydrogens (tertiary/aromatic N) is 1. The minimum absolute atomic E-state index is 0.0251. The normalized spacial score (nSPS) is 21.0. The predicted octanol–water partition coefficient (Wildman–Crippen LogP) is 1.12. The molecule has 1 atom stereocenters. The standard InChI is InChI=1S/C18H25N3O3S/c22-17(12-16-13-25-10-5-19-16)20-15-3-1-14(2-4-15)11-18(23)21-6-8-24-9-7-21/h1-4,16,19H,5-13H2,(H,20,22). The molecule has 2 heterocycles. The molecule has 25 heavy (non-hydrogen) atoms. The van der Waals surface area contributed by atoms with Crippen LogP contribution in [0.3, 0.4) is 0 Å². The highest BCUT2D eigenvalue weighted by atomic mass is 32.2. The van der Waals surface area contributed by atoms with E-state index in [1.807, 2.05) is 40.9 Å². The van der Waals surface area contributed by atoms with Crippen LogP contribution in [0.1, 0.15) is 12.0 Å². The molecule has 0 bridgehead atoms. The molecule has 0 aliphatic carbocycles. The van der Waals surface area contributed by atoms with Crippen LogP contribution in [0.2, 0.25) is 0 Å². The first-order valence-corrected chi connectivity index (χ1v) is 9.91. The van der Waals surface area contributed by atoms with Gasteiger partial charge in [-0.15, -0.1) is 0 Å². The molecule has 136 valence electrons. The Morgan fingerprint density at radius 1 is 1.24 bits per heavy atom. The van der Waals surface area contributed by atoms with Crippen molar-refractivity contribution in [1.29, 1.82) is 0 Å². The van der Waals surface area contributed by atoms with Gasteiger partial charge in [0.15, 0.2) is 0 Å². The summed E-state index contributed by atoms with van der Waals surface area (Å²) in [4.78, 5) is 26.2. The second-order valence-electron chi connectivity index (χ2n) is 6.35. The second kappa shape index (κ2) is 9.22. The number of hydrogen-bond donors (Lipinski definition) is 2. The van der Waals surface area contributed by atoms with E-state index < -0.39 is 0 Å². The molecule has 1 aromatic carbocycles. The molecule has 0 aromatic heterocycles. The van der Waals surface area contributed by atoms with Crippen molar-refractivity contribution in [2.45, 2.75) is 18.9 Å². The third-order valence-electron chi connectivity index (χ3n) is 4.39. The first-order chi connectivity index (χ1) is 12.2. The van der Waals surface area contributed by atoms with Crippen LogP contribution in [-0.2, 0) is 20.7 Å². The molecule has 1 aromatic rings. The van der Waals surface area contributed by atoms with Gasteiger partial charge in [-0.2, -0.15) is 11.8 Å². The van der Waals surface area contributed by atoms with Gasteiger partial charge in [-0.05, 0) is 17.7 Å². The van der Waals surface area contributed by atoms with Gasteiger partial charge in [-0.3, -0.25) is 9.59 Å². The number of benzene rings is 1. The molecular weight excluding hydrogens is 338 g/mol. The zero-order valence-corrected chi connectivity index (χ0v) is 15.1. The molecule has 6 nitrogen and oxygen atoms in total. The number of hydrogen-bond acceptors (Lipinski definition) is 5. The Kier molecular flexibility index (Phi) is 6.72. The Hall–Kier alpha value is -1.57. The lowest BCUT2D eigenvalue weighted by Gasteiger charge is -2.26. The monoisotopic (exact) mass is 363 g/mol. The van der Waals surface area contributed by atoms with Crippen LogP contribution >= 0.6 is 11.8 Å². The lowest BCUT2D eigenvalue weighted by atomic mass is 10.1. The maximum absolute atomic E-state index is 12.2. The lowest BCUT2D eigenvalue weighted by Crippen LogP contribution is -2.41. The van der Waals surface area contributed by atoms with E-state index in [1.165, 1.54) is 0 Å². The first kappa shape index (κ1) is 18.2. The summed E-state index contributed by atoms with van der Waals surface area (Å²) in [5.41, 5.74) is 1.73. The van der Waals surface area contributed by atoms with Crippen molar-refractivity contribution in [2.75, 3.05) is 49.7 Å². The molecule has 0 saturated carbocycles. The SMILES string of the molecule is O=C(CC1CSCCN1)Nc1ccc(CC(=O)N2CCOCC2)cc1. The Morgan fingerprint density at radius 3 is 2.68 bits per heavy atom. The van der Waals surface area contributed by atoms with Gasteiger partial charge in [0.1, 0.15) is 0 Å². The average Bonchev–Trinajstić information content (AvgIpc) is 2.65. The van der Waals surface area contributed by atoms with E-state index in [4.69, 9.17) is 4.74 Å². The van der Waals surface area contributed by atoms with E-state index in [9.17, 15) is 9.59 Å². The highest BCUT2D eigenvalue weighted by molar-refractivity contribution is 7.99. The zero-order valence-electron chi connectivity index (χ0n) is 14.3. The number of amides is 2. The van der Waals surface area contributed by atoms with E-state index in [0.29, 0.717) is 39.1 Å². The molecule has 2 saturated heterocycles. The number of thioether (sulfide) groups is 1. The van der Waals surface area contributed by atoms with E-state index in [-0.39, 0.29) is 17.9 Å². The van der Waals surface area contributed by atoms with Gasteiger partial charge in [-0.25, -0.2) is 0 Å². The number of nitrogens with one attached hydrogen (secondary N) is 2. The van der Waals surface area contributed by atoms with Gasteiger partial charge in [0.05, 0.1) is 19.6 Å². The molecule has 0 radical (unpaired) electrons. The van der Waals surface area contributed by atoms with Gasteiger partial charge in [0.2, 0.25) is 11.8 Å². The Bertz CT molecular complexity index is 582. The number of carbonyl (C=O) groups is 2. The van der Waals surface area contributed by atoms with Gasteiger partial charge < -0.3 is 20.3 Å². The summed E-state index contributed by atoms with van der Waals surface area (Å²) in [5, 5.41) is 6.30. The van der Waals surface area contributed by atoms with Gasteiger partial charge >= 0.3 is 0 Å².